The van der Waals surface area contributed by atoms with Gasteiger partial charge in [-0.05, 0) is 12.1 Å². The Morgan fingerprint density at radius 3 is 2.63 bits per heavy atom. The normalized spacial score (nSPS) is 25.0. The predicted molar refractivity (Wildman–Crippen MR) is 92.7 cm³/mol. The van der Waals surface area contributed by atoms with Crippen molar-refractivity contribution in [1.82, 2.24) is 19.5 Å². The van der Waals surface area contributed by atoms with Crippen LogP contribution in [0.4, 0.5) is 5.82 Å². The monoisotopic (exact) mass is 371 g/mol. The molecule has 0 spiro atoms. The fourth-order valence-corrected chi connectivity index (χ4v) is 3.01. The number of ether oxygens (including phenoxy) is 1. The van der Waals surface area contributed by atoms with Crippen LogP contribution < -0.4 is 5.32 Å². The molecule has 1 fully saturated rings. The number of benzene rings is 1. The number of fused-ring (bicyclic) bond motifs is 1. The summed E-state index contributed by atoms with van der Waals surface area (Å²) in [6.45, 7) is -0.436. The summed E-state index contributed by atoms with van der Waals surface area (Å²) in [5.41, 5.74) is 1.08. The Morgan fingerprint density at radius 2 is 1.93 bits per heavy atom. The molecule has 1 saturated heterocycles. The van der Waals surface area contributed by atoms with E-state index in [0.717, 1.165) is 0 Å². The largest absolute Gasteiger partial charge is 0.394 e. The summed E-state index contributed by atoms with van der Waals surface area (Å²) in [6.07, 6.45) is -1.77. The minimum Gasteiger partial charge on any atom is -0.394 e. The summed E-state index contributed by atoms with van der Waals surface area (Å²) in [5.74, 6) is -0.141. The molecule has 0 radical (unpaired) electrons. The lowest BCUT2D eigenvalue weighted by molar-refractivity contribution is -0.0511. The molecule has 2 aromatic heterocycles. The number of imidazole rings is 1. The highest BCUT2D eigenvalue weighted by Crippen LogP contribution is 2.32. The maximum atomic E-state index is 12.4. The number of nitrogens with one attached hydrogen (secondary N) is 1. The molecule has 3 aromatic rings. The van der Waals surface area contributed by atoms with Gasteiger partial charge in [0, 0.05) is 5.56 Å². The summed E-state index contributed by atoms with van der Waals surface area (Å²) < 4.78 is 6.93. The lowest BCUT2D eigenvalue weighted by Gasteiger charge is -2.16. The highest BCUT2D eigenvalue weighted by atomic mass is 16.6. The molecule has 27 heavy (non-hydrogen) atoms. The minimum atomic E-state index is -1.27. The number of amides is 1. The molecule has 4 atom stereocenters. The molecule has 10 nitrogen and oxygen atoms in total. The average Bonchev–Trinajstić information content (AvgIpc) is 3.25. The third-order valence-corrected chi connectivity index (χ3v) is 4.42. The zero-order chi connectivity index (χ0) is 19.0. The lowest BCUT2D eigenvalue weighted by Crippen LogP contribution is -2.33. The van der Waals surface area contributed by atoms with Crippen molar-refractivity contribution < 1.29 is 24.9 Å². The zero-order valence-corrected chi connectivity index (χ0v) is 14.0. The number of anilines is 1. The van der Waals surface area contributed by atoms with Gasteiger partial charge in [0.1, 0.15) is 24.6 Å². The van der Waals surface area contributed by atoms with Gasteiger partial charge in [0.15, 0.2) is 23.2 Å². The Hall–Kier alpha value is -2.92. The molecule has 140 valence electrons. The number of hydrogen-bond donors (Lipinski definition) is 4. The number of rotatable bonds is 4. The fraction of sp³-hybridized carbons (Fsp3) is 0.294. The van der Waals surface area contributed by atoms with Gasteiger partial charge in [-0.2, -0.15) is 0 Å². The van der Waals surface area contributed by atoms with Crippen molar-refractivity contribution in [2.75, 3.05) is 11.9 Å². The van der Waals surface area contributed by atoms with Crippen LogP contribution in [0.15, 0.2) is 43.0 Å². The van der Waals surface area contributed by atoms with E-state index in [2.05, 4.69) is 20.3 Å². The highest BCUT2D eigenvalue weighted by molar-refractivity contribution is 6.06. The summed E-state index contributed by atoms with van der Waals surface area (Å²) >= 11 is 0. The van der Waals surface area contributed by atoms with Crippen molar-refractivity contribution in [3.05, 3.63) is 48.5 Å². The van der Waals surface area contributed by atoms with E-state index in [-0.39, 0.29) is 11.7 Å². The third kappa shape index (κ3) is 3.04. The number of hydrogen-bond acceptors (Lipinski definition) is 8. The molecule has 0 unspecified atom stereocenters. The van der Waals surface area contributed by atoms with Crippen LogP contribution in [-0.2, 0) is 4.74 Å². The SMILES string of the molecule is O=C(Nc1ncnc2c1ncn2[C@@H]1O[C@@H](CO)[C@@H](O)[C@H]1O)c1ccccc1. The second kappa shape index (κ2) is 7.00. The smallest absolute Gasteiger partial charge is 0.256 e. The molecule has 1 aliphatic heterocycles. The Morgan fingerprint density at radius 1 is 1.15 bits per heavy atom. The van der Waals surface area contributed by atoms with E-state index in [0.29, 0.717) is 16.7 Å². The van der Waals surface area contributed by atoms with Crippen molar-refractivity contribution in [3.63, 3.8) is 0 Å². The van der Waals surface area contributed by atoms with Crippen molar-refractivity contribution in [3.8, 4) is 0 Å². The Bertz CT molecular complexity index is 963. The maximum Gasteiger partial charge on any atom is 0.256 e. The van der Waals surface area contributed by atoms with Gasteiger partial charge in [0.2, 0.25) is 0 Å². The quantitative estimate of drug-likeness (QED) is 0.489. The molecule has 1 amide bonds. The van der Waals surface area contributed by atoms with Gasteiger partial charge in [-0.25, -0.2) is 15.0 Å². The number of aromatic nitrogens is 4. The standard InChI is InChI=1S/C17H17N5O5/c23-6-10-12(24)13(25)17(27-10)22-8-20-11-14(18-7-19-15(11)22)21-16(26)9-4-2-1-3-5-9/h1-5,7-8,10,12-13,17,23-25H,6H2,(H,18,19,21,26)/t10-,12+,13+,17+/m0/s1. The molecule has 1 aromatic carbocycles. The number of carbonyl (C=O) groups is 1. The second-order valence-corrected chi connectivity index (χ2v) is 6.10. The molecule has 10 heteroatoms. The van der Waals surface area contributed by atoms with E-state index >= 15 is 0 Å². The number of aliphatic hydroxyl groups is 3. The Kier molecular flexibility index (Phi) is 4.54. The summed E-state index contributed by atoms with van der Waals surface area (Å²) in [4.78, 5) is 24.8. The van der Waals surface area contributed by atoms with Crippen LogP contribution in [0.5, 0.6) is 0 Å². The fourth-order valence-electron chi connectivity index (χ4n) is 3.01. The van der Waals surface area contributed by atoms with E-state index in [1.165, 1.54) is 17.2 Å². The second-order valence-electron chi connectivity index (χ2n) is 6.10. The Labute approximate surface area is 153 Å². The van der Waals surface area contributed by atoms with Crippen LogP contribution in [0.3, 0.4) is 0 Å². The van der Waals surface area contributed by atoms with Gasteiger partial charge >= 0.3 is 0 Å². The molecule has 0 bridgehead atoms. The van der Waals surface area contributed by atoms with Gasteiger partial charge < -0.3 is 25.4 Å². The van der Waals surface area contributed by atoms with E-state index in [4.69, 9.17) is 4.74 Å². The molecule has 4 rings (SSSR count). The van der Waals surface area contributed by atoms with Crippen molar-refractivity contribution in [2.45, 2.75) is 24.5 Å². The molecular formula is C17H17N5O5. The third-order valence-electron chi connectivity index (χ3n) is 4.42. The Balaban J connectivity index is 1.65. The molecule has 4 N–H and O–H groups in total. The molecular weight excluding hydrogens is 354 g/mol. The van der Waals surface area contributed by atoms with Crippen molar-refractivity contribution in [2.24, 2.45) is 0 Å². The van der Waals surface area contributed by atoms with Crippen LogP contribution >= 0.6 is 0 Å². The van der Waals surface area contributed by atoms with Gasteiger partial charge in [-0.1, -0.05) is 18.2 Å². The van der Waals surface area contributed by atoms with Crippen LogP contribution in [0.1, 0.15) is 16.6 Å². The van der Waals surface area contributed by atoms with E-state index in [9.17, 15) is 20.1 Å². The average molecular weight is 371 g/mol. The van der Waals surface area contributed by atoms with Crippen LogP contribution in [0.2, 0.25) is 0 Å². The summed E-state index contributed by atoms with van der Waals surface area (Å²) in [6, 6.07) is 8.65. The molecule has 0 aliphatic carbocycles. The van der Waals surface area contributed by atoms with Gasteiger partial charge in [-0.3, -0.25) is 9.36 Å². The zero-order valence-electron chi connectivity index (χ0n) is 14.0. The summed E-state index contributed by atoms with van der Waals surface area (Å²) in [5, 5.41) is 32.1. The van der Waals surface area contributed by atoms with Crippen molar-refractivity contribution >= 4 is 22.9 Å². The minimum absolute atomic E-state index is 0.208. The van der Waals surface area contributed by atoms with E-state index < -0.39 is 31.1 Å². The number of carbonyl (C=O) groups excluding carboxylic acids is 1. The van der Waals surface area contributed by atoms with Crippen LogP contribution in [-0.4, -0.2) is 65.7 Å². The first-order valence-corrected chi connectivity index (χ1v) is 8.26. The summed E-state index contributed by atoms with van der Waals surface area (Å²) in [7, 11) is 0. The first-order chi connectivity index (χ1) is 13.1. The predicted octanol–water partition coefficient (Wildman–Crippen LogP) is -0.310. The highest BCUT2D eigenvalue weighted by Gasteiger charge is 2.44. The molecule has 1 aliphatic rings. The molecule has 3 heterocycles. The lowest BCUT2D eigenvalue weighted by atomic mass is 10.1. The van der Waals surface area contributed by atoms with E-state index in [1.54, 1.807) is 24.3 Å². The van der Waals surface area contributed by atoms with E-state index in [1.807, 2.05) is 6.07 Å². The van der Waals surface area contributed by atoms with Crippen LogP contribution in [0.25, 0.3) is 11.2 Å². The maximum absolute atomic E-state index is 12.4. The first-order valence-electron chi connectivity index (χ1n) is 8.26. The van der Waals surface area contributed by atoms with Gasteiger partial charge in [0.05, 0.1) is 12.9 Å². The van der Waals surface area contributed by atoms with Crippen molar-refractivity contribution in [1.29, 1.82) is 0 Å². The first kappa shape index (κ1) is 17.5. The number of aliphatic hydroxyl groups excluding tert-OH is 3. The topological polar surface area (TPSA) is 143 Å². The van der Waals surface area contributed by atoms with Gasteiger partial charge in [-0.15, -0.1) is 0 Å². The van der Waals surface area contributed by atoms with Gasteiger partial charge in [0.25, 0.3) is 5.91 Å². The van der Waals surface area contributed by atoms with Crippen LogP contribution in [0, 0.1) is 0 Å². The number of nitrogens with zero attached hydrogens (tertiary/aromatic N) is 4. The molecule has 0 saturated carbocycles.